The summed E-state index contributed by atoms with van der Waals surface area (Å²) in [5.74, 6) is 3.07. The van der Waals surface area contributed by atoms with E-state index in [1.807, 2.05) is 30.3 Å². The molecular formula is C17H10O2. The fourth-order valence-electron chi connectivity index (χ4n) is 1.99. The molecular weight excluding hydrogens is 236 g/mol. The summed E-state index contributed by atoms with van der Waals surface area (Å²) in [7, 11) is 0. The van der Waals surface area contributed by atoms with Crippen molar-refractivity contribution in [3.63, 3.8) is 0 Å². The van der Waals surface area contributed by atoms with Crippen LogP contribution in [-0.2, 0) is 0 Å². The van der Waals surface area contributed by atoms with Crippen molar-refractivity contribution in [2.45, 2.75) is 0 Å². The minimum Gasteiger partial charge on any atom is -0.456 e. The molecule has 1 heterocycles. The Morgan fingerprint density at radius 2 is 1.79 bits per heavy atom. The quantitative estimate of drug-likeness (QED) is 0.616. The van der Waals surface area contributed by atoms with Gasteiger partial charge in [0.05, 0.1) is 5.39 Å². The fraction of sp³-hybridized carbons (Fsp3) is 0. The average Bonchev–Trinajstić information content (AvgIpc) is 2.48. The summed E-state index contributed by atoms with van der Waals surface area (Å²) in [5.41, 5.74) is 2.01. The maximum absolute atomic E-state index is 12.1. The lowest BCUT2D eigenvalue weighted by Gasteiger charge is -2.03. The molecule has 1 aromatic heterocycles. The first kappa shape index (κ1) is 11.3. The number of hydrogen-bond donors (Lipinski definition) is 0. The number of fused-ring (bicyclic) bond motifs is 1. The topological polar surface area (TPSA) is 30.2 Å². The second-order valence-corrected chi connectivity index (χ2v) is 4.20. The highest BCUT2D eigenvalue weighted by molar-refractivity contribution is 5.80. The highest BCUT2D eigenvalue weighted by Gasteiger charge is 2.06. The first-order valence-corrected chi connectivity index (χ1v) is 5.88. The van der Waals surface area contributed by atoms with Gasteiger partial charge in [0, 0.05) is 17.2 Å². The van der Waals surface area contributed by atoms with Gasteiger partial charge in [-0.15, -0.1) is 6.42 Å². The third-order valence-corrected chi connectivity index (χ3v) is 2.95. The molecule has 2 nitrogen and oxygen atoms in total. The van der Waals surface area contributed by atoms with Crippen molar-refractivity contribution in [2.24, 2.45) is 0 Å². The van der Waals surface area contributed by atoms with E-state index in [1.165, 1.54) is 6.07 Å². The van der Waals surface area contributed by atoms with E-state index in [9.17, 15) is 4.79 Å². The molecule has 0 amide bonds. The van der Waals surface area contributed by atoms with E-state index in [0.29, 0.717) is 22.3 Å². The van der Waals surface area contributed by atoms with Crippen molar-refractivity contribution in [1.29, 1.82) is 0 Å². The summed E-state index contributed by atoms with van der Waals surface area (Å²) in [6.07, 6.45) is 5.33. The lowest BCUT2D eigenvalue weighted by molar-refractivity contribution is 0.619. The van der Waals surface area contributed by atoms with E-state index in [4.69, 9.17) is 10.8 Å². The lowest BCUT2D eigenvalue weighted by atomic mass is 10.1. The van der Waals surface area contributed by atoms with Gasteiger partial charge in [0.25, 0.3) is 0 Å². The van der Waals surface area contributed by atoms with Gasteiger partial charge in [-0.1, -0.05) is 36.3 Å². The van der Waals surface area contributed by atoms with Crippen LogP contribution in [0.5, 0.6) is 0 Å². The highest BCUT2D eigenvalue weighted by atomic mass is 16.3. The van der Waals surface area contributed by atoms with Gasteiger partial charge in [-0.25, -0.2) is 0 Å². The molecule has 0 aliphatic carbocycles. The van der Waals surface area contributed by atoms with Crippen LogP contribution in [0.25, 0.3) is 22.3 Å². The Balaban J connectivity index is 2.27. The Hall–Kier alpha value is -2.79. The van der Waals surface area contributed by atoms with Crippen molar-refractivity contribution in [3.8, 4) is 23.7 Å². The van der Waals surface area contributed by atoms with Crippen molar-refractivity contribution in [2.75, 3.05) is 0 Å². The van der Waals surface area contributed by atoms with Crippen LogP contribution >= 0.6 is 0 Å². The van der Waals surface area contributed by atoms with E-state index in [-0.39, 0.29) is 5.43 Å². The third kappa shape index (κ3) is 2.02. The molecule has 0 radical (unpaired) electrons. The van der Waals surface area contributed by atoms with Crippen LogP contribution in [0, 0.1) is 12.3 Å². The third-order valence-electron chi connectivity index (χ3n) is 2.95. The Morgan fingerprint density at radius 3 is 2.53 bits per heavy atom. The molecule has 0 atom stereocenters. The predicted octanol–water partition coefficient (Wildman–Crippen LogP) is 3.44. The zero-order valence-electron chi connectivity index (χ0n) is 10.1. The zero-order valence-corrected chi connectivity index (χ0v) is 10.1. The molecule has 0 saturated heterocycles. The molecule has 0 spiro atoms. The van der Waals surface area contributed by atoms with Crippen molar-refractivity contribution < 1.29 is 4.42 Å². The number of rotatable bonds is 1. The van der Waals surface area contributed by atoms with Crippen LogP contribution < -0.4 is 5.43 Å². The molecule has 0 bridgehead atoms. The molecule has 3 rings (SSSR count). The standard InChI is InChI=1S/C17H10O2/c1-2-12-8-9-16-14(10-12)15(18)11-17(19-16)13-6-4-3-5-7-13/h1,3-11H. The van der Waals surface area contributed by atoms with E-state index in [0.717, 1.165) is 5.56 Å². The molecule has 2 heteroatoms. The first-order chi connectivity index (χ1) is 9.28. The minimum atomic E-state index is -0.0859. The molecule has 2 aromatic carbocycles. The molecule has 0 unspecified atom stereocenters. The molecule has 0 aliphatic rings. The van der Waals surface area contributed by atoms with Gasteiger partial charge in [0.15, 0.2) is 5.43 Å². The summed E-state index contributed by atoms with van der Waals surface area (Å²) < 4.78 is 5.76. The lowest BCUT2D eigenvalue weighted by Crippen LogP contribution is -2.00. The van der Waals surface area contributed by atoms with E-state index < -0.39 is 0 Å². The van der Waals surface area contributed by atoms with Crippen LogP contribution in [0.1, 0.15) is 5.56 Å². The van der Waals surface area contributed by atoms with Gasteiger partial charge < -0.3 is 4.42 Å². The van der Waals surface area contributed by atoms with Crippen LogP contribution in [-0.4, -0.2) is 0 Å². The zero-order chi connectivity index (χ0) is 13.2. The Kier molecular flexibility index (Phi) is 2.66. The first-order valence-electron chi connectivity index (χ1n) is 5.88. The summed E-state index contributed by atoms with van der Waals surface area (Å²) >= 11 is 0. The van der Waals surface area contributed by atoms with Crippen molar-refractivity contribution in [1.82, 2.24) is 0 Å². The smallest absolute Gasteiger partial charge is 0.193 e. The average molecular weight is 246 g/mol. The number of hydrogen-bond acceptors (Lipinski definition) is 2. The molecule has 0 aliphatic heterocycles. The SMILES string of the molecule is C#Cc1ccc2oc(-c3ccccc3)cc(=O)c2c1. The van der Waals surface area contributed by atoms with Crippen LogP contribution in [0.15, 0.2) is 63.8 Å². The second-order valence-electron chi connectivity index (χ2n) is 4.20. The van der Waals surface area contributed by atoms with Crippen LogP contribution in [0.2, 0.25) is 0 Å². The number of benzene rings is 2. The van der Waals surface area contributed by atoms with Crippen LogP contribution in [0.4, 0.5) is 0 Å². The Labute approximate surface area is 110 Å². The summed E-state index contributed by atoms with van der Waals surface area (Å²) in [4.78, 5) is 12.1. The molecule has 0 N–H and O–H groups in total. The van der Waals surface area contributed by atoms with Gasteiger partial charge in [0.1, 0.15) is 11.3 Å². The van der Waals surface area contributed by atoms with Gasteiger partial charge in [0.2, 0.25) is 0 Å². The molecule has 3 aromatic rings. The monoisotopic (exact) mass is 246 g/mol. The van der Waals surface area contributed by atoms with Crippen molar-refractivity contribution in [3.05, 3.63) is 70.4 Å². The maximum atomic E-state index is 12.1. The van der Waals surface area contributed by atoms with Crippen molar-refractivity contribution >= 4 is 11.0 Å². The summed E-state index contributed by atoms with van der Waals surface area (Å²) in [6.45, 7) is 0. The van der Waals surface area contributed by atoms with Crippen LogP contribution in [0.3, 0.4) is 0 Å². The fourth-order valence-corrected chi connectivity index (χ4v) is 1.99. The summed E-state index contributed by atoms with van der Waals surface area (Å²) in [5, 5.41) is 0.509. The Bertz CT molecular complexity index is 837. The molecule has 0 fully saturated rings. The summed E-state index contributed by atoms with van der Waals surface area (Å²) in [6, 6.07) is 16.2. The highest BCUT2D eigenvalue weighted by Crippen LogP contribution is 2.22. The minimum absolute atomic E-state index is 0.0859. The molecule has 0 saturated carbocycles. The van der Waals surface area contributed by atoms with Gasteiger partial charge in [-0.2, -0.15) is 0 Å². The van der Waals surface area contributed by atoms with Gasteiger partial charge in [-0.05, 0) is 18.2 Å². The predicted molar refractivity (Wildman–Crippen MR) is 75.9 cm³/mol. The Morgan fingerprint density at radius 1 is 1.00 bits per heavy atom. The van der Waals surface area contributed by atoms with Gasteiger partial charge >= 0.3 is 0 Å². The molecule has 19 heavy (non-hydrogen) atoms. The van der Waals surface area contributed by atoms with E-state index >= 15 is 0 Å². The van der Waals surface area contributed by atoms with E-state index in [2.05, 4.69) is 5.92 Å². The second kappa shape index (κ2) is 4.47. The number of terminal acetylenes is 1. The van der Waals surface area contributed by atoms with Gasteiger partial charge in [-0.3, -0.25) is 4.79 Å². The van der Waals surface area contributed by atoms with E-state index in [1.54, 1.807) is 18.2 Å². The largest absolute Gasteiger partial charge is 0.456 e. The normalized spacial score (nSPS) is 10.3. The maximum Gasteiger partial charge on any atom is 0.193 e. The molecule has 90 valence electrons.